The Morgan fingerprint density at radius 2 is 2.31 bits per heavy atom. The number of hydrogen-bond donors (Lipinski definition) is 2. The predicted molar refractivity (Wildman–Crippen MR) is 72.6 cm³/mol. The van der Waals surface area contributed by atoms with E-state index in [4.69, 9.17) is 5.41 Å². The van der Waals surface area contributed by atoms with Gasteiger partial charge >= 0.3 is 0 Å². The third kappa shape index (κ3) is 3.18. The van der Waals surface area contributed by atoms with E-state index in [1.807, 2.05) is 18.2 Å². The van der Waals surface area contributed by atoms with Crippen LogP contribution in [0.2, 0.25) is 0 Å². The Labute approximate surface area is 101 Å². The molecule has 0 aliphatic carbocycles. The number of halogens is 2. The van der Waals surface area contributed by atoms with Crippen molar-refractivity contribution in [3.63, 3.8) is 0 Å². The molecule has 2 N–H and O–H groups in total. The molecule has 0 aliphatic rings. The van der Waals surface area contributed by atoms with Crippen LogP contribution in [-0.2, 0) is 0 Å². The SMILES string of the molecule is CC(=N)c1ccc(Br)cc1NPI. The molecule has 1 rings (SSSR count). The minimum Gasteiger partial charge on any atom is -0.358 e. The van der Waals surface area contributed by atoms with Gasteiger partial charge in [-0.05, 0) is 47.2 Å². The van der Waals surface area contributed by atoms with Gasteiger partial charge in [0, 0.05) is 27.8 Å². The maximum absolute atomic E-state index is 7.57. The van der Waals surface area contributed by atoms with Gasteiger partial charge in [0.15, 0.2) is 0 Å². The van der Waals surface area contributed by atoms with Crippen molar-refractivity contribution in [2.45, 2.75) is 6.92 Å². The summed E-state index contributed by atoms with van der Waals surface area (Å²) in [6.07, 6.45) is 0.623. The Bertz CT molecular complexity index is 330. The smallest absolute Gasteiger partial charge is 0.0479 e. The molecule has 0 spiro atoms. The second-order valence-corrected chi connectivity index (χ2v) is 5.51. The highest BCUT2D eigenvalue weighted by molar-refractivity contribution is 14.2. The first kappa shape index (κ1) is 11.4. The molecule has 1 aromatic rings. The number of hydrogen-bond acceptors (Lipinski definition) is 2. The Balaban J connectivity index is 3.10. The van der Waals surface area contributed by atoms with Crippen molar-refractivity contribution < 1.29 is 0 Å². The standard InChI is InChI=1S/C8H9BrIN2P/c1-5(11)7-3-2-6(9)4-8(7)12-13-10/h2-4,11-13H,1H3. The third-order valence-electron chi connectivity index (χ3n) is 1.57. The molecular weight excluding hydrogens is 362 g/mol. The summed E-state index contributed by atoms with van der Waals surface area (Å²) in [6, 6.07) is 5.90. The number of anilines is 1. The van der Waals surface area contributed by atoms with Crippen LogP contribution in [0.1, 0.15) is 12.5 Å². The summed E-state index contributed by atoms with van der Waals surface area (Å²) in [4.78, 5) is 0. The Hall–Kier alpha value is 0.330. The van der Waals surface area contributed by atoms with Gasteiger partial charge in [-0.15, -0.1) is 0 Å². The highest BCUT2D eigenvalue weighted by atomic mass is 127. The lowest BCUT2D eigenvalue weighted by Gasteiger charge is -2.08. The van der Waals surface area contributed by atoms with Crippen LogP contribution in [0.5, 0.6) is 0 Å². The van der Waals surface area contributed by atoms with Crippen molar-refractivity contribution in [1.82, 2.24) is 0 Å². The quantitative estimate of drug-likeness (QED) is 0.467. The van der Waals surface area contributed by atoms with Gasteiger partial charge in [0.2, 0.25) is 0 Å². The van der Waals surface area contributed by atoms with Crippen LogP contribution in [0.15, 0.2) is 22.7 Å². The zero-order valence-electron chi connectivity index (χ0n) is 6.99. The van der Waals surface area contributed by atoms with Crippen molar-refractivity contribution in [2.75, 3.05) is 5.09 Å². The Morgan fingerprint density at radius 3 is 2.85 bits per heavy atom. The van der Waals surface area contributed by atoms with E-state index in [1.165, 1.54) is 0 Å². The summed E-state index contributed by atoms with van der Waals surface area (Å²) in [5.41, 5.74) is 2.58. The maximum Gasteiger partial charge on any atom is 0.0479 e. The van der Waals surface area contributed by atoms with Crippen molar-refractivity contribution in [3.8, 4) is 0 Å². The lowest BCUT2D eigenvalue weighted by atomic mass is 10.1. The molecular formula is C8H9BrIN2P. The fourth-order valence-corrected chi connectivity index (χ4v) is 2.54. The van der Waals surface area contributed by atoms with E-state index in [-0.39, 0.29) is 0 Å². The fraction of sp³-hybridized carbons (Fsp3) is 0.125. The maximum atomic E-state index is 7.57. The van der Waals surface area contributed by atoms with Crippen LogP contribution in [-0.4, -0.2) is 5.71 Å². The number of nitrogens with one attached hydrogen (secondary N) is 2. The zero-order valence-corrected chi connectivity index (χ0v) is 11.7. The molecule has 1 atom stereocenters. The molecule has 0 aromatic heterocycles. The van der Waals surface area contributed by atoms with E-state index < -0.39 is 0 Å². The summed E-state index contributed by atoms with van der Waals surface area (Å²) in [6.45, 7) is 1.80. The first-order chi connectivity index (χ1) is 6.15. The molecule has 13 heavy (non-hydrogen) atoms. The molecule has 0 radical (unpaired) electrons. The second-order valence-electron chi connectivity index (χ2n) is 2.53. The molecule has 70 valence electrons. The minimum absolute atomic E-state index is 0.588. The zero-order chi connectivity index (χ0) is 9.84. The molecule has 0 bridgehead atoms. The highest BCUT2D eigenvalue weighted by Gasteiger charge is 2.03. The highest BCUT2D eigenvalue weighted by Crippen LogP contribution is 2.29. The molecule has 1 aromatic carbocycles. The lowest BCUT2D eigenvalue weighted by molar-refractivity contribution is 1.45. The number of benzene rings is 1. The molecule has 0 saturated carbocycles. The first-order valence-corrected chi connectivity index (χ1v) is 8.52. The number of rotatable bonds is 3. The molecule has 0 fully saturated rings. The summed E-state index contributed by atoms with van der Waals surface area (Å²) >= 11 is 5.68. The Kier molecular flexibility index (Phi) is 4.62. The summed E-state index contributed by atoms with van der Waals surface area (Å²) in [5.74, 6) is 0. The Morgan fingerprint density at radius 1 is 1.62 bits per heavy atom. The molecule has 0 amide bonds. The molecule has 0 aliphatic heterocycles. The molecule has 5 heteroatoms. The predicted octanol–water partition coefficient (Wildman–Crippen LogP) is 4.19. The van der Waals surface area contributed by atoms with E-state index in [0.29, 0.717) is 12.1 Å². The fourth-order valence-electron chi connectivity index (χ4n) is 0.998. The minimum atomic E-state index is 0.588. The average Bonchev–Trinajstić information content (AvgIpc) is 2.04. The first-order valence-electron chi connectivity index (χ1n) is 3.62. The molecule has 2 nitrogen and oxygen atoms in total. The second kappa shape index (κ2) is 5.27. The van der Waals surface area contributed by atoms with Crippen LogP contribution >= 0.6 is 44.3 Å². The summed E-state index contributed by atoms with van der Waals surface area (Å²) in [5, 5.41) is 10.8. The van der Waals surface area contributed by atoms with Crippen LogP contribution in [0.3, 0.4) is 0 Å². The van der Waals surface area contributed by atoms with Crippen molar-refractivity contribution in [3.05, 3.63) is 28.2 Å². The van der Waals surface area contributed by atoms with E-state index in [2.05, 4.69) is 43.1 Å². The average molecular weight is 371 g/mol. The van der Waals surface area contributed by atoms with Gasteiger partial charge in [-0.25, -0.2) is 0 Å². The molecule has 1 unspecified atom stereocenters. The van der Waals surface area contributed by atoms with E-state index in [9.17, 15) is 0 Å². The molecule has 0 heterocycles. The largest absolute Gasteiger partial charge is 0.358 e. The molecule has 0 saturated heterocycles. The summed E-state index contributed by atoms with van der Waals surface area (Å²) in [7, 11) is 0. The van der Waals surface area contributed by atoms with Crippen LogP contribution in [0, 0.1) is 5.41 Å². The van der Waals surface area contributed by atoms with Crippen LogP contribution < -0.4 is 5.09 Å². The van der Waals surface area contributed by atoms with E-state index in [0.717, 1.165) is 15.7 Å². The van der Waals surface area contributed by atoms with E-state index in [1.54, 1.807) is 6.92 Å². The van der Waals surface area contributed by atoms with Crippen molar-refractivity contribution in [1.29, 1.82) is 5.41 Å². The van der Waals surface area contributed by atoms with Gasteiger partial charge in [-0.1, -0.05) is 15.9 Å². The van der Waals surface area contributed by atoms with Gasteiger partial charge in [0.25, 0.3) is 0 Å². The van der Waals surface area contributed by atoms with Crippen molar-refractivity contribution in [2.24, 2.45) is 0 Å². The normalized spacial score (nSPS) is 10.7. The topological polar surface area (TPSA) is 35.9 Å². The van der Waals surface area contributed by atoms with Crippen molar-refractivity contribution >= 4 is 55.7 Å². The van der Waals surface area contributed by atoms with Crippen LogP contribution in [0.25, 0.3) is 0 Å². The van der Waals surface area contributed by atoms with Gasteiger partial charge in [0.05, 0.1) is 0 Å². The monoisotopic (exact) mass is 370 g/mol. The summed E-state index contributed by atoms with van der Waals surface area (Å²) < 4.78 is 1.04. The van der Waals surface area contributed by atoms with Gasteiger partial charge < -0.3 is 10.5 Å². The van der Waals surface area contributed by atoms with Gasteiger partial charge in [-0.2, -0.15) is 0 Å². The third-order valence-corrected chi connectivity index (χ3v) is 3.23. The van der Waals surface area contributed by atoms with Gasteiger partial charge in [-0.3, -0.25) is 0 Å². The lowest BCUT2D eigenvalue weighted by Crippen LogP contribution is -1.96. The van der Waals surface area contributed by atoms with E-state index >= 15 is 0 Å². The van der Waals surface area contributed by atoms with Crippen LogP contribution in [0.4, 0.5) is 5.69 Å². The van der Waals surface area contributed by atoms with Gasteiger partial charge in [0.1, 0.15) is 0 Å².